The first-order valence-corrected chi connectivity index (χ1v) is 11.7. The molecule has 9 nitrogen and oxygen atoms in total. The summed E-state index contributed by atoms with van der Waals surface area (Å²) in [4.78, 5) is 28.0. The third-order valence-electron chi connectivity index (χ3n) is 6.44. The van der Waals surface area contributed by atoms with Gasteiger partial charge in [0.1, 0.15) is 12.7 Å². The Morgan fingerprint density at radius 2 is 2.06 bits per heavy atom. The quantitative estimate of drug-likeness (QED) is 0.602. The molecule has 1 atom stereocenters. The highest BCUT2D eigenvalue weighted by atomic mass is 35.5. The summed E-state index contributed by atoms with van der Waals surface area (Å²) in [6, 6.07) is 9.75. The van der Waals surface area contributed by atoms with E-state index in [9.17, 15) is 4.79 Å². The molecule has 0 unspecified atom stereocenters. The number of aromatic nitrogens is 4. The van der Waals surface area contributed by atoms with Gasteiger partial charge >= 0.3 is 0 Å². The molecule has 1 saturated heterocycles. The molecule has 5 rings (SSSR count). The highest BCUT2D eigenvalue weighted by Gasteiger charge is 2.41. The summed E-state index contributed by atoms with van der Waals surface area (Å²) in [7, 11) is 0. The normalized spacial score (nSPS) is 21.5. The van der Waals surface area contributed by atoms with E-state index < -0.39 is 5.54 Å². The first kappa shape index (κ1) is 22.5. The van der Waals surface area contributed by atoms with Crippen molar-refractivity contribution in [1.82, 2.24) is 24.6 Å². The summed E-state index contributed by atoms with van der Waals surface area (Å²) in [6.07, 6.45) is 7.20. The Kier molecular flexibility index (Phi) is 6.05. The second-order valence-corrected chi connectivity index (χ2v) is 9.23. The van der Waals surface area contributed by atoms with E-state index in [1.54, 1.807) is 22.1 Å². The van der Waals surface area contributed by atoms with Crippen LogP contribution in [0.1, 0.15) is 42.9 Å². The number of rotatable bonds is 5. The van der Waals surface area contributed by atoms with Crippen LogP contribution in [0, 0.1) is 0 Å². The SMILES string of the molecule is C[C@@]1(c2cccc(Cc3ccc(-n4cncn4)nc3)c2Cl)CC(=O)N(C2CCOCC2)C(N)=N1. The fraction of sp³-hybridized carbons (Fsp3) is 0.375. The molecular weight excluding hydrogens is 454 g/mol. The van der Waals surface area contributed by atoms with Gasteiger partial charge in [0.25, 0.3) is 0 Å². The summed E-state index contributed by atoms with van der Waals surface area (Å²) >= 11 is 6.88. The van der Waals surface area contributed by atoms with Gasteiger partial charge in [-0.1, -0.05) is 35.9 Å². The molecule has 1 aromatic carbocycles. The predicted molar refractivity (Wildman–Crippen MR) is 128 cm³/mol. The molecular formula is C24H26ClN7O2. The molecule has 2 N–H and O–H groups in total. The van der Waals surface area contributed by atoms with Crippen LogP contribution in [0.2, 0.25) is 5.02 Å². The van der Waals surface area contributed by atoms with Gasteiger partial charge in [-0.2, -0.15) is 5.10 Å². The maximum atomic E-state index is 13.2. The number of guanidine groups is 1. The molecule has 34 heavy (non-hydrogen) atoms. The lowest BCUT2D eigenvalue weighted by Crippen LogP contribution is -2.55. The average Bonchev–Trinajstić information content (AvgIpc) is 3.36. The van der Waals surface area contributed by atoms with Crippen molar-refractivity contribution in [3.63, 3.8) is 0 Å². The van der Waals surface area contributed by atoms with Crippen molar-refractivity contribution >= 4 is 23.5 Å². The Bertz CT molecular complexity index is 1210. The van der Waals surface area contributed by atoms with E-state index in [-0.39, 0.29) is 24.3 Å². The number of nitrogens with zero attached hydrogens (tertiary/aromatic N) is 6. The van der Waals surface area contributed by atoms with Crippen LogP contribution in [0.25, 0.3) is 5.82 Å². The van der Waals surface area contributed by atoms with Crippen molar-refractivity contribution in [2.24, 2.45) is 10.7 Å². The lowest BCUT2D eigenvalue weighted by Gasteiger charge is -2.40. The van der Waals surface area contributed by atoms with Crippen molar-refractivity contribution in [1.29, 1.82) is 0 Å². The van der Waals surface area contributed by atoms with E-state index in [0.29, 0.717) is 30.5 Å². The Morgan fingerprint density at radius 3 is 2.74 bits per heavy atom. The third-order valence-corrected chi connectivity index (χ3v) is 6.89. The van der Waals surface area contributed by atoms with Crippen LogP contribution in [0.5, 0.6) is 0 Å². The van der Waals surface area contributed by atoms with Crippen molar-refractivity contribution < 1.29 is 9.53 Å². The number of carbonyl (C=O) groups is 1. The largest absolute Gasteiger partial charge is 0.381 e. The van der Waals surface area contributed by atoms with Gasteiger partial charge in [-0.15, -0.1) is 0 Å². The van der Waals surface area contributed by atoms with E-state index >= 15 is 0 Å². The van der Waals surface area contributed by atoms with Crippen LogP contribution in [0.3, 0.4) is 0 Å². The minimum absolute atomic E-state index is 0.0312. The number of aliphatic imine (C=N–C) groups is 1. The Morgan fingerprint density at radius 1 is 1.24 bits per heavy atom. The molecule has 0 saturated carbocycles. The van der Waals surface area contributed by atoms with E-state index in [0.717, 1.165) is 29.5 Å². The van der Waals surface area contributed by atoms with Gasteiger partial charge in [0.05, 0.1) is 12.0 Å². The number of benzene rings is 1. The second kappa shape index (κ2) is 9.15. The average molecular weight is 480 g/mol. The van der Waals surface area contributed by atoms with Crippen molar-refractivity contribution in [3.05, 3.63) is 70.9 Å². The number of ether oxygens (including phenoxy) is 1. The Hall–Kier alpha value is -3.30. The molecule has 0 aliphatic carbocycles. The van der Waals surface area contributed by atoms with Crippen LogP contribution in [-0.2, 0) is 21.5 Å². The standard InChI is InChI=1S/C24H26ClN7O2/c1-24(12-21(33)32(23(26)30-24)18-7-9-34-10-8-18)19-4-2-3-17(22(19)25)11-16-5-6-20(28-13-16)31-15-27-14-29-31/h2-6,13-15,18H,7-12H2,1H3,(H2,26,30)/t24-/m0/s1. The zero-order valence-corrected chi connectivity index (χ0v) is 19.6. The summed E-state index contributed by atoms with van der Waals surface area (Å²) in [5.41, 5.74) is 8.23. The number of hydrogen-bond donors (Lipinski definition) is 1. The fourth-order valence-electron chi connectivity index (χ4n) is 4.68. The van der Waals surface area contributed by atoms with Crippen LogP contribution in [-0.4, -0.2) is 55.8 Å². The van der Waals surface area contributed by atoms with Crippen LogP contribution in [0.4, 0.5) is 0 Å². The maximum Gasteiger partial charge on any atom is 0.232 e. The summed E-state index contributed by atoms with van der Waals surface area (Å²) in [5.74, 6) is 0.907. The van der Waals surface area contributed by atoms with Gasteiger partial charge in [0.2, 0.25) is 5.91 Å². The zero-order chi connectivity index (χ0) is 23.7. The van der Waals surface area contributed by atoms with Crippen LogP contribution in [0.15, 0.2) is 54.2 Å². The molecule has 2 aliphatic heterocycles. The number of carbonyl (C=O) groups excluding carboxylic acids is 1. The minimum Gasteiger partial charge on any atom is -0.381 e. The number of amides is 1. The summed E-state index contributed by atoms with van der Waals surface area (Å²) in [6.45, 7) is 3.17. The molecule has 4 heterocycles. The van der Waals surface area contributed by atoms with E-state index in [2.05, 4.69) is 15.1 Å². The lowest BCUT2D eigenvalue weighted by atomic mass is 9.85. The van der Waals surface area contributed by atoms with Gasteiger partial charge in [-0.25, -0.2) is 19.6 Å². The molecule has 0 bridgehead atoms. The molecule has 0 spiro atoms. The molecule has 1 amide bonds. The van der Waals surface area contributed by atoms with E-state index in [1.807, 2.05) is 37.3 Å². The van der Waals surface area contributed by atoms with Crippen LogP contribution < -0.4 is 5.73 Å². The molecule has 2 aliphatic rings. The molecule has 2 aromatic heterocycles. The summed E-state index contributed by atoms with van der Waals surface area (Å²) in [5, 5.41) is 4.69. The molecule has 3 aromatic rings. The van der Waals surface area contributed by atoms with Crippen LogP contribution >= 0.6 is 11.6 Å². The molecule has 10 heteroatoms. The minimum atomic E-state index is -0.828. The Balaban J connectivity index is 1.39. The van der Waals surface area contributed by atoms with E-state index in [4.69, 9.17) is 27.1 Å². The summed E-state index contributed by atoms with van der Waals surface area (Å²) < 4.78 is 7.03. The third kappa shape index (κ3) is 4.28. The van der Waals surface area contributed by atoms with Crippen molar-refractivity contribution in [3.8, 4) is 5.82 Å². The molecule has 176 valence electrons. The number of pyridine rings is 1. The van der Waals surface area contributed by atoms with Gasteiger partial charge in [-0.05, 0) is 42.5 Å². The number of hydrogen-bond acceptors (Lipinski definition) is 7. The number of nitrogens with two attached hydrogens (primary N) is 1. The molecule has 0 radical (unpaired) electrons. The smallest absolute Gasteiger partial charge is 0.232 e. The van der Waals surface area contributed by atoms with Gasteiger partial charge < -0.3 is 10.5 Å². The second-order valence-electron chi connectivity index (χ2n) is 8.85. The zero-order valence-electron chi connectivity index (χ0n) is 18.9. The Labute approximate surface area is 202 Å². The monoisotopic (exact) mass is 479 g/mol. The van der Waals surface area contributed by atoms with Gasteiger partial charge in [0, 0.05) is 36.9 Å². The number of halogens is 1. The van der Waals surface area contributed by atoms with Gasteiger partial charge in [-0.3, -0.25) is 9.69 Å². The first-order valence-electron chi connectivity index (χ1n) is 11.3. The highest BCUT2D eigenvalue weighted by Crippen LogP contribution is 2.39. The lowest BCUT2D eigenvalue weighted by molar-refractivity contribution is -0.132. The predicted octanol–water partition coefficient (Wildman–Crippen LogP) is 2.85. The van der Waals surface area contributed by atoms with E-state index in [1.165, 1.54) is 6.33 Å². The van der Waals surface area contributed by atoms with Crippen molar-refractivity contribution in [2.75, 3.05) is 13.2 Å². The fourth-order valence-corrected chi connectivity index (χ4v) is 5.07. The molecule has 1 fully saturated rings. The first-order chi connectivity index (χ1) is 16.4. The van der Waals surface area contributed by atoms with Crippen molar-refractivity contribution in [2.45, 2.75) is 44.2 Å². The topological polar surface area (TPSA) is 112 Å². The van der Waals surface area contributed by atoms with Gasteiger partial charge in [0.15, 0.2) is 11.8 Å². The maximum absolute atomic E-state index is 13.2. The highest BCUT2D eigenvalue weighted by molar-refractivity contribution is 6.32.